The number of hydrogen-bond acceptors (Lipinski definition) is 6. The molecule has 1 aromatic heterocycles. The molecule has 0 saturated carbocycles. The molecule has 7 nitrogen and oxygen atoms in total. The maximum atomic E-state index is 12.6. The summed E-state index contributed by atoms with van der Waals surface area (Å²) in [5.74, 6) is -4.55. The maximum Gasteiger partial charge on any atom is 0.340 e. The highest BCUT2D eigenvalue weighted by Crippen LogP contribution is 2.31. The molecule has 0 fully saturated rings. The van der Waals surface area contributed by atoms with E-state index in [1.165, 1.54) is 30.0 Å². The summed E-state index contributed by atoms with van der Waals surface area (Å²) in [7, 11) is 1.26. The number of thioether (sulfide) groups is 1. The zero-order valence-corrected chi connectivity index (χ0v) is 17.2. The number of fused-ring (bicyclic) bond motifs is 1. The van der Waals surface area contributed by atoms with Gasteiger partial charge in [-0.1, -0.05) is 42.1 Å². The second kappa shape index (κ2) is 10.1. The maximum absolute atomic E-state index is 12.6. The van der Waals surface area contributed by atoms with Crippen LogP contribution in [-0.4, -0.2) is 41.9 Å². The van der Waals surface area contributed by atoms with E-state index in [-0.39, 0.29) is 17.1 Å². The smallest absolute Gasteiger partial charge is 0.340 e. The predicted octanol–water partition coefficient (Wildman–Crippen LogP) is 3.92. The number of methoxy groups -OCH3 is 1. The first-order chi connectivity index (χ1) is 14.9. The number of ether oxygens (including phenoxy) is 2. The summed E-state index contributed by atoms with van der Waals surface area (Å²) in [4.78, 5) is 36.5. The quantitative estimate of drug-likeness (QED) is 0.415. The van der Waals surface area contributed by atoms with Gasteiger partial charge in [0.1, 0.15) is 6.54 Å². The van der Waals surface area contributed by atoms with Crippen LogP contribution in [0, 0.1) is 0 Å². The molecule has 0 aliphatic rings. The summed E-state index contributed by atoms with van der Waals surface area (Å²) < 4.78 is 36.6. The lowest BCUT2D eigenvalue weighted by molar-refractivity contribution is -0.147. The Morgan fingerprint density at radius 1 is 1.10 bits per heavy atom. The van der Waals surface area contributed by atoms with Crippen molar-refractivity contribution in [3.8, 4) is 0 Å². The molecule has 0 unspecified atom stereocenters. The van der Waals surface area contributed by atoms with Crippen LogP contribution in [0.3, 0.4) is 0 Å². The Balaban J connectivity index is 1.62. The highest BCUT2D eigenvalue weighted by atomic mass is 32.2. The SMILES string of the molecule is COC(=O)c1cn(CC(=O)OCC(=O)Nc2ccccc2SC(F)F)c2ccccc12. The molecule has 3 rings (SSSR count). The van der Waals surface area contributed by atoms with Gasteiger partial charge in [-0.25, -0.2) is 4.79 Å². The normalized spacial score (nSPS) is 10.8. The van der Waals surface area contributed by atoms with Gasteiger partial charge in [-0.2, -0.15) is 8.78 Å². The first-order valence-corrected chi connectivity index (χ1v) is 9.92. The number of carbonyl (C=O) groups excluding carboxylic acids is 3. The van der Waals surface area contributed by atoms with Crippen LogP contribution in [0.5, 0.6) is 0 Å². The van der Waals surface area contributed by atoms with Crippen molar-refractivity contribution in [3.63, 3.8) is 0 Å². The Bertz CT molecular complexity index is 1120. The lowest BCUT2D eigenvalue weighted by Gasteiger charge is -2.11. The fourth-order valence-electron chi connectivity index (χ4n) is 2.94. The number of nitrogens with zero attached hydrogens (tertiary/aromatic N) is 1. The van der Waals surface area contributed by atoms with Crippen molar-refractivity contribution in [2.45, 2.75) is 17.2 Å². The third kappa shape index (κ3) is 5.60. The van der Waals surface area contributed by atoms with Crippen molar-refractivity contribution in [1.29, 1.82) is 0 Å². The van der Waals surface area contributed by atoms with Gasteiger partial charge in [0.15, 0.2) is 6.61 Å². The van der Waals surface area contributed by atoms with Crippen molar-refractivity contribution >= 4 is 46.2 Å². The van der Waals surface area contributed by atoms with Crippen molar-refractivity contribution in [1.82, 2.24) is 4.57 Å². The standard InChI is InChI=1S/C21H18F2N2O5S/c1-29-20(28)14-10-25(16-8-4-2-6-13(14)16)11-19(27)30-12-18(26)24-15-7-3-5-9-17(15)31-21(22)23/h2-10,21H,11-12H2,1H3,(H,24,26). The summed E-state index contributed by atoms with van der Waals surface area (Å²) in [5.41, 5.74) is 1.13. The van der Waals surface area contributed by atoms with Crippen LogP contribution in [0.2, 0.25) is 0 Å². The zero-order chi connectivity index (χ0) is 22.4. The van der Waals surface area contributed by atoms with Crippen LogP contribution in [0.15, 0.2) is 59.6 Å². The number of rotatable bonds is 8. The van der Waals surface area contributed by atoms with E-state index in [2.05, 4.69) is 5.32 Å². The van der Waals surface area contributed by atoms with Gasteiger partial charge in [-0.3, -0.25) is 9.59 Å². The fraction of sp³-hybridized carbons (Fsp3) is 0.190. The molecule has 0 aliphatic carbocycles. The van der Waals surface area contributed by atoms with Crippen LogP contribution in [0.25, 0.3) is 10.9 Å². The molecule has 0 atom stereocenters. The first-order valence-electron chi connectivity index (χ1n) is 9.04. The molecule has 0 saturated heterocycles. The van der Waals surface area contributed by atoms with Gasteiger partial charge < -0.3 is 19.4 Å². The average Bonchev–Trinajstić information content (AvgIpc) is 3.11. The summed E-state index contributed by atoms with van der Waals surface area (Å²) in [6.07, 6.45) is 1.48. The third-order valence-electron chi connectivity index (χ3n) is 4.23. The van der Waals surface area contributed by atoms with E-state index in [4.69, 9.17) is 9.47 Å². The van der Waals surface area contributed by atoms with Gasteiger partial charge in [0.25, 0.3) is 11.7 Å². The van der Waals surface area contributed by atoms with Crippen molar-refractivity contribution in [2.24, 2.45) is 0 Å². The molecule has 1 heterocycles. The van der Waals surface area contributed by atoms with Crippen LogP contribution in [0.1, 0.15) is 10.4 Å². The number of amides is 1. The highest BCUT2D eigenvalue weighted by molar-refractivity contribution is 7.99. The number of nitrogens with one attached hydrogen (secondary N) is 1. The molecule has 0 aliphatic heterocycles. The van der Waals surface area contributed by atoms with Gasteiger partial charge in [0.2, 0.25) is 0 Å². The van der Waals surface area contributed by atoms with Crippen LogP contribution < -0.4 is 5.32 Å². The summed E-state index contributed by atoms with van der Waals surface area (Å²) >= 11 is 0.304. The second-order valence-electron chi connectivity index (χ2n) is 6.26. The molecular formula is C21H18F2N2O5S. The minimum atomic E-state index is -2.64. The van der Waals surface area contributed by atoms with Crippen LogP contribution in [-0.2, 0) is 25.6 Å². The molecule has 0 radical (unpaired) electrons. The topological polar surface area (TPSA) is 86.6 Å². The minimum Gasteiger partial charge on any atom is -0.465 e. The van der Waals surface area contributed by atoms with Crippen LogP contribution >= 0.6 is 11.8 Å². The molecule has 0 spiro atoms. The second-order valence-corrected chi connectivity index (χ2v) is 7.29. The summed E-state index contributed by atoms with van der Waals surface area (Å²) in [5, 5.41) is 3.07. The molecule has 0 bridgehead atoms. The molecule has 2 aromatic carbocycles. The number of esters is 2. The molecule has 31 heavy (non-hydrogen) atoms. The lowest BCUT2D eigenvalue weighted by atomic mass is 10.2. The monoisotopic (exact) mass is 448 g/mol. The van der Waals surface area contributed by atoms with Gasteiger partial charge >= 0.3 is 11.9 Å². The molecule has 162 valence electrons. The average molecular weight is 448 g/mol. The van der Waals surface area contributed by atoms with Gasteiger partial charge in [0.05, 0.1) is 18.4 Å². The van der Waals surface area contributed by atoms with E-state index >= 15 is 0 Å². The van der Waals surface area contributed by atoms with Gasteiger partial charge in [-0.05, 0) is 18.2 Å². The molecule has 3 aromatic rings. The Morgan fingerprint density at radius 2 is 1.81 bits per heavy atom. The fourth-order valence-corrected chi connectivity index (χ4v) is 3.53. The number of benzene rings is 2. The van der Waals surface area contributed by atoms with E-state index in [0.717, 1.165) is 0 Å². The number of halogens is 2. The Morgan fingerprint density at radius 3 is 2.55 bits per heavy atom. The number of anilines is 1. The summed E-state index contributed by atoms with van der Waals surface area (Å²) in [6, 6.07) is 13.1. The van der Waals surface area contributed by atoms with E-state index in [1.807, 2.05) is 0 Å². The number of alkyl halides is 2. The van der Waals surface area contributed by atoms with E-state index in [0.29, 0.717) is 28.2 Å². The third-order valence-corrected chi connectivity index (χ3v) is 5.02. The van der Waals surface area contributed by atoms with Crippen LogP contribution in [0.4, 0.5) is 14.5 Å². The van der Waals surface area contributed by atoms with Crippen molar-refractivity contribution in [3.05, 3.63) is 60.3 Å². The van der Waals surface area contributed by atoms with Crippen molar-refractivity contribution in [2.75, 3.05) is 19.0 Å². The first kappa shape index (κ1) is 22.3. The van der Waals surface area contributed by atoms with Crippen molar-refractivity contribution < 1.29 is 32.6 Å². The van der Waals surface area contributed by atoms with E-state index < -0.39 is 30.2 Å². The highest BCUT2D eigenvalue weighted by Gasteiger charge is 2.18. The number of aromatic nitrogens is 1. The zero-order valence-electron chi connectivity index (χ0n) is 16.3. The lowest BCUT2D eigenvalue weighted by Crippen LogP contribution is -2.23. The number of para-hydroxylation sites is 2. The van der Waals surface area contributed by atoms with Gasteiger partial charge in [-0.15, -0.1) is 0 Å². The molecule has 1 N–H and O–H groups in total. The number of carbonyl (C=O) groups is 3. The Labute approximate surface area is 180 Å². The van der Waals surface area contributed by atoms with Gasteiger partial charge in [0, 0.05) is 22.0 Å². The van der Waals surface area contributed by atoms with E-state index in [1.54, 1.807) is 36.4 Å². The number of hydrogen-bond donors (Lipinski definition) is 1. The molecular weight excluding hydrogens is 430 g/mol. The largest absolute Gasteiger partial charge is 0.465 e. The molecule has 1 amide bonds. The Kier molecular flexibility index (Phi) is 7.24. The van der Waals surface area contributed by atoms with E-state index in [9.17, 15) is 23.2 Å². The summed E-state index contributed by atoms with van der Waals surface area (Å²) in [6.45, 7) is -0.821. The molecule has 10 heteroatoms. The predicted molar refractivity (Wildman–Crippen MR) is 111 cm³/mol. The minimum absolute atomic E-state index is 0.200. The Hall–Kier alpha value is -3.40.